The first-order chi connectivity index (χ1) is 13.5. The van der Waals surface area contributed by atoms with Gasteiger partial charge in [0.15, 0.2) is 0 Å². The normalized spacial score (nSPS) is 11.3. The Morgan fingerprint density at radius 2 is 1.96 bits per heavy atom. The molecule has 0 radical (unpaired) electrons. The maximum Gasteiger partial charge on any atom is 0.248 e. The molecule has 0 saturated carbocycles. The molecule has 6 nitrogen and oxygen atoms in total. The molecule has 2 aromatic heterocycles. The van der Waals surface area contributed by atoms with Gasteiger partial charge in [-0.1, -0.05) is 12.1 Å². The molecule has 144 valence electrons. The second-order valence-corrected chi connectivity index (χ2v) is 6.94. The van der Waals surface area contributed by atoms with E-state index >= 15 is 0 Å². The lowest BCUT2D eigenvalue weighted by atomic mass is 10.0. The zero-order chi connectivity index (χ0) is 19.9. The molecule has 28 heavy (non-hydrogen) atoms. The molecule has 0 aliphatic heterocycles. The summed E-state index contributed by atoms with van der Waals surface area (Å²) in [7, 11) is 5.99. The number of nitrogens with zero attached hydrogens (tertiary/aromatic N) is 4. The van der Waals surface area contributed by atoms with E-state index in [0.717, 1.165) is 35.3 Å². The van der Waals surface area contributed by atoms with Crippen LogP contribution in [0.25, 0.3) is 17.2 Å². The molecule has 3 aromatic rings. The molecular formula is C22H25N5O. The Balaban J connectivity index is 1.65. The number of amides is 1. The predicted octanol–water partition coefficient (Wildman–Crippen LogP) is 3.24. The number of carbonyl (C=O) groups is 1. The number of nitrogens with one attached hydrogen (secondary N) is 1. The van der Waals surface area contributed by atoms with Gasteiger partial charge in [-0.25, -0.2) is 0 Å². The number of rotatable bonds is 7. The maximum atomic E-state index is 12.3. The first-order valence-corrected chi connectivity index (χ1v) is 9.17. The largest absolute Gasteiger partial charge is 0.323 e. The second kappa shape index (κ2) is 9.10. The van der Waals surface area contributed by atoms with E-state index in [2.05, 4.69) is 34.4 Å². The molecule has 2 heterocycles. The zero-order valence-electron chi connectivity index (χ0n) is 16.5. The lowest BCUT2D eigenvalue weighted by Gasteiger charge is -2.09. The standard InChI is InChI=1S/C22H25N5O/c1-26(2)13-11-17-4-7-20(8-5-17)25-22(28)9-6-18-14-23-12-10-21(18)19-15-24-27(3)16-19/h4-10,12,14-16H,11,13H2,1-3H3,(H,25,28)/b9-6+. The number of aromatic nitrogens is 3. The number of carbonyl (C=O) groups excluding carboxylic acids is 1. The number of anilines is 1. The van der Waals surface area contributed by atoms with Crippen LogP contribution < -0.4 is 5.32 Å². The Labute approximate surface area is 165 Å². The molecule has 0 bridgehead atoms. The van der Waals surface area contributed by atoms with Gasteiger partial charge in [-0.2, -0.15) is 5.10 Å². The van der Waals surface area contributed by atoms with Crippen molar-refractivity contribution in [2.75, 3.05) is 26.0 Å². The summed E-state index contributed by atoms with van der Waals surface area (Å²) in [5.74, 6) is -0.179. The van der Waals surface area contributed by atoms with Crippen molar-refractivity contribution in [2.45, 2.75) is 6.42 Å². The monoisotopic (exact) mass is 375 g/mol. The van der Waals surface area contributed by atoms with Gasteiger partial charge >= 0.3 is 0 Å². The van der Waals surface area contributed by atoms with Gasteiger partial charge in [0.25, 0.3) is 0 Å². The molecule has 0 fully saturated rings. The fourth-order valence-corrected chi connectivity index (χ4v) is 2.82. The summed E-state index contributed by atoms with van der Waals surface area (Å²) in [6.45, 7) is 0.999. The lowest BCUT2D eigenvalue weighted by Crippen LogP contribution is -2.15. The fraction of sp³-hybridized carbons (Fsp3) is 0.227. The van der Waals surface area contributed by atoms with Gasteiger partial charge in [0, 0.05) is 55.1 Å². The maximum absolute atomic E-state index is 12.3. The Morgan fingerprint density at radius 1 is 1.18 bits per heavy atom. The highest BCUT2D eigenvalue weighted by Crippen LogP contribution is 2.23. The van der Waals surface area contributed by atoms with Crippen LogP contribution >= 0.6 is 0 Å². The topological polar surface area (TPSA) is 63.1 Å². The first-order valence-electron chi connectivity index (χ1n) is 9.17. The predicted molar refractivity (Wildman–Crippen MR) is 113 cm³/mol. The highest BCUT2D eigenvalue weighted by molar-refractivity contribution is 6.02. The summed E-state index contributed by atoms with van der Waals surface area (Å²) >= 11 is 0. The summed E-state index contributed by atoms with van der Waals surface area (Å²) < 4.78 is 1.75. The zero-order valence-corrected chi connectivity index (χ0v) is 16.5. The van der Waals surface area contributed by atoms with E-state index in [1.54, 1.807) is 29.3 Å². The highest BCUT2D eigenvalue weighted by Gasteiger charge is 2.06. The van der Waals surface area contributed by atoms with E-state index < -0.39 is 0 Å². The average Bonchev–Trinajstić information content (AvgIpc) is 3.12. The van der Waals surface area contributed by atoms with Gasteiger partial charge in [-0.3, -0.25) is 14.5 Å². The lowest BCUT2D eigenvalue weighted by molar-refractivity contribution is -0.111. The molecule has 6 heteroatoms. The van der Waals surface area contributed by atoms with Crippen LogP contribution in [0.2, 0.25) is 0 Å². The van der Waals surface area contributed by atoms with Crippen LogP contribution in [0, 0.1) is 0 Å². The van der Waals surface area contributed by atoms with E-state index in [1.807, 2.05) is 43.6 Å². The van der Waals surface area contributed by atoms with E-state index in [1.165, 1.54) is 11.6 Å². The molecule has 1 aromatic carbocycles. The third kappa shape index (κ3) is 5.37. The van der Waals surface area contributed by atoms with Crippen molar-refractivity contribution in [1.29, 1.82) is 0 Å². The fourth-order valence-electron chi connectivity index (χ4n) is 2.82. The number of pyridine rings is 1. The summed E-state index contributed by atoms with van der Waals surface area (Å²) in [6.07, 6.45) is 11.5. The van der Waals surface area contributed by atoms with Gasteiger partial charge in [0.1, 0.15) is 0 Å². The van der Waals surface area contributed by atoms with Crippen molar-refractivity contribution in [3.8, 4) is 11.1 Å². The van der Waals surface area contributed by atoms with Crippen LogP contribution in [0.5, 0.6) is 0 Å². The van der Waals surface area contributed by atoms with Crippen LogP contribution in [0.1, 0.15) is 11.1 Å². The molecule has 3 rings (SSSR count). The van der Waals surface area contributed by atoms with E-state index in [-0.39, 0.29) is 5.91 Å². The van der Waals surface area contributed by atoms with Crippen molar-refractivity contribution < 1.29 is 4.79 Å². The van der Waals surface area contributed by atoms with Gasteiger partial charge in [-0.05, 0) is 55.9 Å². The second-order valence-electron chi connectivity index (χ2n) is 6.94. The average molecular weight is 375 g/mol. The SMILES string of the molecule is CN(C)CCc1ccc(NC(=O)/C=C/c2cnccc2-c2cnn(C)c2)cc1. The van der Waals surface area contributed by atoms with Crippen molar-refractivity contribution >= 4 is 17.7 Å². The summed E-state index contributed by atoms with van der Waals surface area (Å²) in [5, 5.41) is 7.10. The Kier molecular flexibility index (Phi) is 6.34. The van der Waals surface area contributed by atoms with Crippen molar-refractivity contribution in [1.82, 2.24) is 19.7 Å². The minimum absolute atomic E-state index is 0.179. The van der Waals surface area contributed by atoms with Crippen molar-refractivity contribution in [3.05, 3.63) is 72.3 Å². The minimum atomic E-state index is -0.179. The minimum Gasteiger partial charge on any atom is -0.323 e. The number of aryl methyl sites for hydroxylation is 1. The molecule has 0 aliphatic carbocycles. The molecule has 0 saturated heterocycles. The van der Waals surface area contributed by atoms with Crippen LogP contribution in [0.15, 0.2) is 61.2 Å². The summed E-state index contributed by atoms with van der Waals surface area (Å²) in [5.41, 5.74) is 4.86. The molecule has 1 amide bonds. The smallest absolute Gasteiger partial charge is 0.248 e. The summed E-state index contributed by atoms with van der Waals surface area (Å²) in [6, 6.07) is 9.87. The van der Waals surface area contributed by atoms with Crippen LogP contribution in [0.4, 0.5) is 5.69 Å². The van der Waals surface area contributed by atoms with E-state index in [9.17, 15) is 4.79 Å². The van der Waals surface area contributed by atoms with Crippen LogP contribution in [-0.4, -0.2) is 46.2 Å². The Bertz CT molecular complexity index is 957. The van der Waals surface area contributed by atoms with Crippen molar-refractivity contribution in [3.63, 3.8) is 0 Å². The molecule has 0 atom stereocenters. The molecule has 0 spiro atoms. The Hall–Kier alpha value is -3.25. The Morgan fingerprint density at radius 3 is 2.64 bits per heavy atom. The number of likely N-dealkylation sites (N-methyl/N-ethyl adjacent to an activating group) is 1. The van der Waals surface area contributed by atoms with Gasteiger partial charge in [0.05, 0.1) is 6.20 Å². The quantitative estimate of drug-likeness (QED) is 0.644. The van der Waals surface area contributed by atoms with Gasteiger partial charge < -0.3 is 10.2 Å². The van der Waals surface area contributed by atoms with E-state index in [0.29, 0.717) is 0 Å². The third-order valence-electron chi connectivity index (χ3n) is 4.35. The molecule has 0 aliphatic rings. The number of hydrogen-bond acceptors (Lipinski definition) is 4. The molecule has 0 unspecified atom stereocenters. The van der Waals surface area contributed by atoms with Crippen molar-refractivity contribution in [2.24, 2.45) is 7.05 Å². The molecule has 1 N–H and O–H groups in total. The molecular weight excluding hydrogens is 350 g/mol. The van der Waals surface area contributed by atoms with Gasteiger partial charge in [-0.15, -0.1) is 0 Å². The van der Waals surface area contributed by atoms with Crippen LogP contribution in [-0.2, 0) is 18.3 Å². The summed E-state index contributed by atoms with van der Waals surface area (Å²) in [4.78, 5) is 18.6. The van der Waals surface area contributed by atoms with Crippen LogP contribution in [0.3, 0.4) is 0 Å². The number of benzene rings is 1. The first kappa shape index (κ1) is 19.5. The highest BCUT2D eigenvalue weighted by atomic mass is 16.1. The van der Waals surface area contributed by atoms with E-state index in [4.69, 9.17) is 0 Å². The van der Waals surface area contributed by atoms with Gasteiger partial charge in [0.2, 0.25) is 5.91 Å². The number of hydrogen-bond donors (Lipinski definition) is 1. The third-order valence-corrected chi connectivity index (χ3v) is 4.35.